The third-order valence-electron chi connectivity index (χ3n) is 7.96. The van der Waals surface area contributed by atoms with Gasteiger partial charge in [-0.25, -0.2) is 4.79 Å². The van der Waals surface area contributed by atoms with Gasteiger partial charge in [0.15, 0.2) is 12.1 Å². The molecular weight excluding hydrogens is 606 g/mol. The van der Waals surface area contributed by atoms with Crippen LogP contribution in [0.15, 0.2) is 48.6 Å². The number of carboxylic acids is 1. The number of carboxylic acid groups (broad SMARTS) is 1. The number of esters is 2. The van der Waals surface area contributed by atoms with E-state index in [4.69, 9.17) is 14.2 Å². The van der Waals surface area contributed by atoms with E-state index in [9.17, 15) is 19.5 Å². The molecule has 8 nitrogen and oxygen atoms in total. The van der Waals surface area contributed by atoms with Crippen molar-refractivity contribution in [1.29, 1.82) is 0 Å². The van der Waals surface area contributed by atoms with Crippen LogP contribution in [0.2, 0.25) is 0 Å². The first-order valence-electron chi connectivity index (χ1n) is 18.7. The standard InChI is InChI=1S/C40H69NO7/c1-6-8-10-12-14-16-18-19-21-22-24-26-28-30-38(42)47-35-36(34-46-33-32-37(40(44)45)41(3,4)5)48-39(43)31-29-27-25-23-20-17-15-13-11-9-7-2/h9,11,15,17,19,21,23,25,36-37H,6-8,10,12-14,16,18,20,22,24,26-35H2,1-5H3/p+1/b11-9+,17-15+,21-19+,25-23+. The van der Waals surface area contributed by atoms with Crippen LogP contribution in [-0.4, -0.2) is 80.6 Å². The van der Waals surface area contributed by atoms with E-state index in [2.05, 4.69) is 62.5 Å². The molecule has 0 aromatic heterocycles. The first kappa shape index (κ1) is 45.3. The first-order valence-corrected chi connectivity index (χ1v) is 18.7. The Morgan fingerprint density at radius 1 is 0.646 bits per heavy atom. The van der Waals surface area contributed by atoms with Crippen LogP contribution in [0.3, 0.4) is 0 Å². The van der Waals surface area contributed by atoms with Crippen molar-refractivity contribution in [3.8, 4) is 0 Å². The Morgan fingerprint density at radius 2 is 1.19 bits per heavy atom. The molecule has 2 atom stereocenters. The molecular formula is C40H70NO7+. The zero-order valence-corrected chi connectivity index (χ0v) is 31.2. The summed E-state index contributed by atoms with van der Waals surface area (Å²) in [6.45, 7) is 4.51. The zero-order chi connectivity index (χ0) is 35.7. The molecule has 276 valence electrons. The molecule has 0 saturated carbocycles. The van der Waals surface area contributed by atoms with Crippen molar-refractivity contribution in [3.05, 3.63) is 48.6 Å². The molecule has 2 unspecified atom stereocenters. The second kappa shape index (κ2) is 31.6. The largest absolute Gasteiger partial charge is 0.477 e. The molecule has 8 heteroatoms. The van der Waals surface area contributed by atoms with E-state index >= 15 is 0 Å². The van der Waals surface area contributed by atoms with Gasteiger partial charge in [0.1, 0.15) is 6.61 Å². The summed E-state index contributed by atoms with van der Waals surface area (Å²) in [6.07, 6.45) is 34.5. The lowest BCUT2D eigenvalue weighted by Crippen LogP contribution is -2.50. The predicted molar refractivity (Wildman–Crippen MR) is 197 cm³/mol. The summed E-state index contributed by atoms with van der Waals surface area (Å²) < 4.78 is 17.1. The molecule has 0 spiro atoms. The average molecular weight is 677 g/mol. The Balaban J connectivity index is 4.53. The van der Waals surface area contributed by atoms with E-state index in [0.29, 0.717) is 19.3 Å². The number of likely N-dealkylation sites (N-methyl/N-ethyl adjacent to an activating group) is 1. The number of carbonyl (C=O) groups is 3. The van der Waals surface area contributed by atoms with Crippen molar-refractivity contribution in [2.24, 2.45) is 0 Å². The van der Waals surface area contributed by atoms with Gasteiger partial charge in [0, 0.05) is 19.3 Å². The number of hydrogen-bond donors (Lipinski definition) is 1. The van der Waals surface area contributed by atoms with Crippen molar-refractivity contribution in [2.45, 2.75) is 148 Å². The van der Waals surface area contributed by atoms with Gasteiger partial charge in [0.25, 0.3) is 0 Å². The lowest BCUT2D eigenvalue weighted by Gasteiger charge is -2.31. The van der Waals surface area contributed by atoms with Crippen LogP contribution in [0.1, 0.15) is 136 Å². The molecule has 0 saturated heterocycles. The summed E-state index contributed by atoms with van der Waals surface area (Å²) >= 11 is 0. The van der Waals surface area contributed by atoms with Crippen LogP contribution >= 0.6 is 0 Å². The highest BCUT2D eigenvalue weighted by atomic mass is 16.6. The van der Waals surface area contributed by atoms with E-state index in [1.807, 2.05) is 21.1 Å². The molecule has 0 bridgehead atoms. The second-order valence-corrected chi connectivity index (χ2v) is 13.4. The Bertz CT molecular complexity index is 932. The smallest absolute Gasteiger partial charge is 0.362 e. The molecule has 0 fully saturated rings. The number of ether oxygens (including phenoxy) is 3. The molecule has 0 aliphatic heterocycles. The summed E-state index contributed by atoms with van der Waals surface area (Å²) in [4.78, 5) is 36.7. The molecule has 0 aromatic rings. The van der Waals surface area contributed by atoms with E-state index in [-0.39, 0.29) is 42.7 Å². The zero-order valence-electron chi connectivity index (χ0n) is 31.2. The van der Waals surface area contributed by atoms with E-state index < -0.39 is 18.1 Å². The molecule has 0 heterocycles. The minimum atomic E-state index is -0.888. The highest BCUT2D eigenvalue weighted by molar-refractivity contribution is 5.72. The normalized spacial score (nSPS) is 13.6. The third-order valence-corrected chi connectivity index (χ3v) is 7.96. The summed E-state index contributed by atoms with van der Waals surface area (Å²) in [5.41, 5.74) is 0. The Kier molecular flexibility index (Phi) is 29.8. The van der Waals surface area contributed by atoms with E-state index in [0.717, 1.165) is 57.8 Å². The SMILES string of the molecule is CC/C=C/C/C=C/C/C=C/CCCC(=O)OC(COCCC(C(=O)O)[N+](C)(C)C)COC(=O)CCCCC/C=C/CCCCCCCC. The van der Waals surface area contributed by atoms with Gasteiger partial charge in [-0.3, -0.25) is 9.59 Å². The van der Waals surface area contributed by atoms with Crippen molar-refractivity contribution < 1.29 is 38.2 Å². The van der Waals surface area contributed by atoms with Crippen LogP contribution in [0, 0.1) is 0 Å². The summed E-state index contributed by atoms with van der Waals surface area (Å²) in [7, 11) is 5.48. The van der Waals surface area contributed by atoms with Crippen molar-refractivity contribution >= 4 is 17.9 Å². The number of unbranched alkanes of at least 4 members (excludes halogenated alkanes) is 10. The molecule has 0 radical (unpaired) electrons. The highest BCUT2D eigenvalue weighted by Gasteiger charge is 2.31. The van der Waals surface area contributed by atoms with Crippen molar-refractivity contribution in [2.75, 3.05) is 41.0 Å². The number of rotatable bonds is 32. The van der Waals surface area contributed by atoms with Crippen LogP contribution in [0.4, 0.5) is 0 Å². The molecule has 0 aromatic carbocycles. The predicted octanol–water partition coefficient (Wildman–Crippen LogP) is 9.29. The number of nitrogens with zero attached hydrogens (tertiary/aromatic N) is 1. The van der Waals surface area contributed by atoms with Crippen LogP contribution in [-0.2, 0) is 28.6 Å². The van der Waals surface area contributed by atoms with Crippen molar-refractivity contribution in [1.82, 2.24) is 0 Å². The Morgan fingerprint density at radius 3 is 1.81 bits per heavy atom. The van der Waals surface area contributed by atoms with Gasteiger partial charge in [0.05, 0.1) is 34.4 Å². The third kappa shape index (κ3) is 29.4. The van der Waals surface area contributed by atoms with Gasteiger partial charge >= 0.3 is 17.9 Å². The number of hydrogen-bond acceptors (Lipinski definition) is 6. The highest BCUT2D eigenvalue weighted by Crippen LogP contribution is 2.11. The minimum absolute atomic E-state index is 0.0350. The minimum Gasteiger partial charge on any atom is -0.477 e. The Hall–Kier alpha value is -2.71. The van der Waals surface area contributed by atoms with Crippen LogP contribution < -0.4 is 0 Å². The summed E-state index contributed by atoms with van der Waals surface area (Å²) in [5.74, 6) is -1.57. The topological polar surface area (TPSA) is 99.1 Å². The van der Waals surface area contributed by atoms with Gasteiger partial charge in [-0.1, -0.05) is 101 Å². The molecule has 0 aliphatic rings. The maximum absolute atomic E-state index is 12.6. The van der Waals surface area contributed by atoms with Gasteiger partial charge in [0.2, 0.25) is 0 Å². The van der Waals surface area contributed by atoms with Crippen LogP contribution in [0.25, 0.3) is 0 Å². The molecule has 0 rings (SSSR count). The number of allylic oxidation sites excluding steroid dienone is 8. The fourth-order valence-electron chi connectivity index (χ4n) is 5.05. The quantitative estimate of drug-likeness (QED) is 0.0328. The summed E-state index contributed by atoms with van der Waals surface area (Å²) in [5, 5.41) is 9.57. The number of carbonyl (C=O) groups excluding carboxylic acids is 2. The first-order chi connectivity index (χ1) is 23.1. The Labute approximate surface area is 293 Å². The van der Waals surface area contributed by atoms with Crippen LogP contribution in [0.5, 0.6) is 0 Å². The van der Waals surface area contributed by atoms with Gasteiger partial charge in [-0.15, -0.1) is 0 Å². The molecule has 0 aliphatic carbocycles. The van der Waals surface area contributed by atoms with E-state index in [1.165, 1.54) is 38.5 Å². The van der Waals surface area contributed by atoms with E-state index in [1.54, 1.807) is 0 Å². The molecule has 48 heavy (non-hydrogen) atoms. The lowest BCUT2D eigenvalue weighted by molar-refractivity contribution is -0.887. The number of quaternary nitrogens is 1. The fraction of sp³-hybridized carbons (Fsp3) is 0.725. The molecule has 1 N–H and O–H groups in total. The van der Waals surface area contributed by atoms with Gasteiger partial charge < -0.3 is 23.8 Å². The lowest BCUT2D eigenvalue weighted by atomic mass is 10.1. The average Bonchev–Trinajstić information content (AvgIpc) is 3.03. The van der Waals surface area contributed by atoms with Gasteiger partial charge in [-0.2, -0.15) is 0 Å². The van der Waals surface area contributed by atoms with Gasteiger partial charge in [-0.05, 0) is 64.2 Å². The fourth-order valence-corrected chi connectivity index (χ4v) is 5.05. The van der Waals surface area contributed by atoms with Crippen molar-refractivity contribution in [3.63, 3.8) is 0 Å². The second-order valence-electron chi connectivity index (χ2n) is 13.4. The maximum Gasteiger partial charge on any atom is 0.362 e. The summed E-state index contributed by atoms with van der Waals surface area (Å²) in [6, 6.07) is -0.624. The number of aliphatic carboxylic acids is 1. The molecule has 0 amide bonds. The monoisotopic (exact) mass is 677 g/mol. The maximum atomic E-state index is 12.6.